The van der Waals surface area contributed by atoms with Gasteiger partial charge in [0.25, 0.3) is 11.6 Å². The van der Waals surface area contributed by atoms with E-state index in [1.165, 1.54) is 19.2 Å². The lowest BCUT2D eigenvalue weighted by Gasteiger charge is -2.06. The molecule has 0 saturated carbocycles. The number of hydrogen-bond acceptors (Lipinski definition) is 6. The largest absolute Gasteiger partial charge is 0.497 e. The van der Waals surface area contributed by atoms with Crippen molar-refractivity contribution >= 4 is 40.5 Å². The van der Waals surface area contributed by atoms with E-state index < -0.39 is 16.7 Å². The van der Waals surface area contributed by atoms with Crippen LogP contribution in [0.1, 0.15) is 23.7 Å². The van der Waals surface area contributed by atoms with E-state index in [9.17, 15) is 19.7 Å². The molecule has 0 aromatic heterocycles. The van der Waals surface area contributed by atoms with Crippen LogP contribution < -0.4 is 15.5 Å². The molecule has 2 rings (SSSR count). The van der Waals surface area contributed by atoms with Crippen LogP contribution in [0.5, 0.6) is 5.75 Å². The van der Waals surface area contributed by atoms with Crippen LogP contribution in [0.15, 0.2) is 47.6 Å². The number of hydrogen-bond donors (Lipinski definition) is 2. The Morgan fingerprint density at radius 1 is 1.21 bits per heavy atom. The summed E-state index contributed by atoms with van der Waals surface area (Å²) in [5.74, 6) is -0.261. The van der Waals surface area contributed by atoms with E-state index in [-0.39, 0.29) is 22.8 Å². The summed E-state index contributed by atoms with van der Waals surface area (Å²) in [7, 11) is 1.52. The smallest absolute Gasteiger partial charge is 0.289 e. The number of carbonyl (C=O) groups is 2. The summed E-state index contributed by atoms with van der Waals surface area (Å²) < 4.78 is 5.02. The predicted molar refractivity (Wildman–Crippen MR) is 105 cm³/mol. The Kier molecular flexibility index (Phi) is 7.05. The molecule has 0 unspecified atom stereocenters. The van der Waals surface area contributed by atoms with Gasteiger partial charge in [-0.15, -0.1) is 0 Å². The second-order valence-corrected chi connectivity index (χ2v) is 6.07. The number of ether oxygens (including phenoxy) is 1. The molecule has 0 fully saturated rings. The van der Waals surface area contributed by atoms with Gasteiger partial charge in [0.15, 0.2) is 0 Å². The van der Waals surface area contributed by atoms with E-state index in [2.05, 4.69) is 15.8 Å². The maximum Gasteiger partial charge on any atom is 0.289 e. The number of carbonyl (C=O) groups excluding carboxylic acids is 2. The monoisotopic (exact) mass is 404 g/mol. The van der Waals surface area contributed by atoms with Gasteiger partial charge in [-0.05, 0) is 43.3 Å². The first-order valence-corrected chi connectivity index (χ1v) is 8.39. The normalized spacial score (nSPS) is 10.9. The highest BCUT2D eigenvalue weighted by Gasteiger charge is 2.14. The van der Waals surface area contributed by atoms with Crippen molar-refractivity contribution in [3.05, 3.63) is 63.2 Å². The van der Waals surface area contributed by atoms with Gasteiger partial charge in [-0.1, -0.05) is 11.6 Å². The number of nitrogens with one attached hydrogen (secondary N) is 2. The van der Waals surface area contributed by atoms with Crippen molar-refractivity contribution in [2.45, 2.75) is 13.3 Å². The molecule has 2 amide bonds. The standard InChI is InChI=1S/C18H17ClN4O5/c1-11(21-22-18(25)12-3-6-14(28-2)7-4-12)9-17(24)20-13-5-8-15(19)16(10-13)23(26)27/h3-8,10H,9H2,1-2H3,(H,20,24)(H,22,25)/b21-11-. The Hall–Kier alpha value is -3.46. The zero-order valence-corrected chi connectivity index (χ0v) is 15.8. The van der Waals surface area contributed by atoms with Gasteiger partial charge in [0.05, 0.1) is 18.5 Å². The Bertz CT molecular complexity index is 928. The molecular weight excluding hydrogens is 388 g/mol. The Labute approximate surface area is 165 Å². The van der Waals surface area contributed by atoms with Crippen molar-refractivity contribution in [3.8, 4) is 5.75 Å². The second-order valence-electron chi connectivity index (χ2n) is 5.66. The zero-order chi connectivity index (χ0) is 20.7. The Morgan fingerprint density at radius 3 is 2.50 bits per heavy atom. The van der Waals surface area contributed by atoms with Crippen LogP contribution >= 0.6 is 11.6 Å². The van der Waals surface area contributed by atoms with Crippen LogP contribution in [-0.4, -0.2) is 29.6 Å². The van der Waals surface area contributed by atoms with Gasteiger partial charge in [-0.3, -0.25) is 19.7 Å². The fourth-order valence-electron chi connectivity index (χ4n) is 2.16. The van der Waals surface area contributed by atoms with Crippen molar-refractivity contribution in [1.29, 1.82) is 0 Å². The molecule has 10 heteroatoms. The van der Waals surface area contributed by atoms with Gasteiger partial charge in [0.1, 0.15) is 10.8 Å². The molecule has 0 heterocycles. The number of anilines is 1. The van der Waals surface area contributed by atoms with Gasteiger partial charge < -0.3 is 10.1 Å². The van der Waals surface area contributed by atoms with Crippen molar-refractivity contribution in [3.63, 3.8) is 0 Å². The molecule has 9 nitrogen and oxygen atoms in total. The molecule has 2 aromatic carbocycles. The van der Waals surface area contributed by atoms with Crippen LogP contribution in [0, 0.1) is 10.1 Å². The third-order valence-electron chi connectivity index (χ3n) is 3.54. The lowest BCUT2D eigenvalue weighted by atomic mass is 10.2. The third-order valence-corrected chi connectivity index (χ3v) is 3.86. The van der Waals surface area contributed by atoms with Crippen molar-refractivity contribution in [1.82, 2.24) is 5.43 Å². The number of rotatable bonds is 7. The molecule has 2 N–H and O–H groups in total. The summed E-state index contributed by atoms with van der Waals surface area (Å²) >= 11 is 5.73. The van der Waals surface area contributed by atoms with E-state index in [4.69, 9.17) is 16.3 Å². The topological polar surface area (TPSA) is 123 Å². The molecule has 0 radical (unpaired) electrons. The van der Waals surface area contributed by atoms with Crippen LogP contribution in [0.4, 0.5) is 11.4 Å². The van der Waals surface area contributed by atoms with Crippen molar-refractivity contribution in [2.75, 3.05) is 12.4 Å². The number of methoxy groups -OCH3 is 1. The molecule has 28 heavy (non-hydrogen) atoms. The Morgan fingerprint density at radius 2 is 1.89 bits per heavy atom. The first-order chi connectivity index (χ1) is 13.3. The number of nitro groups is 1. The first-order valence-electron chi connectivity index (χ1n) is 8.01. The number of amides is 2. The molecule has 0 aliphatic heterocycles. The summed E-state index contributed by atoms with van der Waals surface area (Å²) in [4.78, 5) is 34.3. The van der Waals surface area contributed by atoms with Gasteiger partial charge in [-0.2, -0.15) is 5.10 Å². The number of halogens is 1. The number of benzene rings is 2. The van der Waals surface area contributed by atoms with E-state index >= 15 is 0 Å². The number of nitrogens with zero attached hydrogens (tertiary/aromatic N) is 2. The van der Waals surface area contributed by atoms with E-state index in [1.54, 1.807) is 31.2 Å². The summed E-state index contributed by atoms with van der Waals surface area (Å²) in [6.07, 6.45) is -0.112. The summed E-state index contributed by atoms with van der Waals surface area (Å²) in [5, 5.41) is 17.3. The minimum atomic E-state index is -0.639. The van der Waals surface area contributed by atoms with Crippen LogP contribution in [-0.2, 0) is 4.79 Å². The van der Waals surface area contributed by atoms with Gasteiger partial charge in [0, 0.05) is 23.0 Å². The summed E-state index contributed by atoms with van der Waals surface area (Å²) in [6, 6.07) is 10.4. The van der Waals surface area contributed by atoms with Gasteiger partial charge >= 0.3 is 0 Å². The van der Waals surface area contributed by atoms with Crippen LogP contribution in [0.2, 0.25) is 5.02 Å². The minimum Gasteiger partial charge on any atom is -0.497 e. The molecule has 0 aliphatic rings. The summed E-state index contributed by atoms with van der Waals surface area (Å²) in [5.41, 5.74) is 3.02. The molecule has 2 aromatic rings. The highest BCUT2D eigenvalue weighted by Crippen LogP contribution is 2.27. The highest BCUT2D eigenvalue weighted by atomic mass is 35.5. The van der Waals surface area contributed by atoms with Crippen LogP contribution in [0.3, 0.4) is 0 Å². The SMILES string of the molecule is COc1ccc(C(=O)N/N=C(/C)CC(=O)Nc2ccc(Cl)c([N+](=O)[O-])c2)cc1. The third kappa shape index (κ3) is 5.78. The average molecular weight is 405 g/mol. The molecule has 0 saturated heterocycles. The average Bonchev–Trinajstić information content (AvgIpc) is 2.67. The van der Waals surface area contributed by atoms with Gasteiger partial charge in [-0.25, -0.2) is 5.43 Å². The fourth-order valence-corrected chi connectivity index (χ4v) is 2.35. The van der Waals surface area contributed by atoms with Gasteiger partial charge in [0.2, 0.25) is 5.91 Å². The van der Waals surface area contributed by atoms with E-state index in [0.717, 1.165) is 6.07 Å². The molecular formula is C18H17ClN4O5. The van der Waals surface area contributed by atoms with E-state index in [0.29, 0.717) is 17.0 Å². The zero-order valence-electron chi connectivity index (χ0n) is 15.1. The fraction of sp³-hybridized carbons (Fsp3) is 0.167. The minimum absolute atomic E-state index is 0.0259. The quantitative estimate of drug-likeness (QED) is 0.416. The number of nitro benzene ring substituents is 1. The number of hydrazone groups is 1. The summed E-state index contributed by atoms with van der Waals surface area (Å²) in [6.45, 7) is 1.57. The van der Waals surface area contributed by atoms with Crippen molar-refractivity contribution in [2.24, 2.45) is 5.10 Å². The molecule has 0 spiro atoms. The molecule has 0 aliphatic carbocycles. The lowest BCUT2D eigenvalue weighted by molar-refractivity contribution is -0.384. The molecule has 146 valence electrons. The molecule has 0 bridgehead atoms. The Balaban J connectivity index is 1.93. The maximum atomic E-state index is 12.1. The van der Waals surface area contributed by atoms with Crippen molar-refractivity contribution < 1.29 is 19.2 Å². The lowest BCUT2D eigenvalue weighted by Crippen LogP contribution is -2.21. The molecule has 0 atom stereocenters. The maximum absolute atomic E-state index is 12.1. The first kappa shape index (κ1) is 20.8. The van der Waals surface area contributed by atoms with E-state index in [1.807, 2.05) is 0 Å². The predicted octanol–water partition coefficient (Wildman–Crippen LogP) is 3.39. The second kappa shape index (κ2) is 9.47. The van der Waals surface area contributed by atoms with Crippen LogP contribution in [0.25, 0.3) is 0 Å². The highest BCUT2D eigenvalue weighted by molar-refractivity contribution is 6.32.